The second-order valence-electron chi connectivity index (χ2n) is 7.65. The number of nitrogens with one attached hydrogen (secondary N) is 1. The molecular formula is C23H27N5O. The topological polar surface area (TPSA) is 53.4 Å². The first-order chi connectivity index (χ1) is 14.1. The second-order valence-corrected chi connectivity index (χ2v) is 7.65. The number of benzene rings is 2. The molecule has 1 aliphatic rings. The van der Waals surface area contributed by atoms with E-state index in [9.17, 15) is 4.79 Å². The summed E-state index contributed by atoms with van der Waals surface area (Å²) < 4.78 is 1.86. The van der Waals surface area contributed by atoms with Crippen molar-refractivity contribution in [1.82, 2.24) is 14.7 Å². The minimum absolute atomic E-state index is 0.0950. The number of likely N-dealkylation sites (N-methyl/N-ethyl adjacent to an activating group) is 1. The summed E-state index contributed by atoms with van der Waals surface area (Å²) in [7, 11) is 2.16. The molecule has 1 fully saturated rings. The minimum Gasteiger partial charge on any atom is -0.369 e. The Labute approximate surface area is 171 Å². The van der Waals surface area contributed by atoms with Gasteiger partial charge in [0.15, 0.2) is 0 Å². The fraction of sp³-hybridized carbons (Fsp3) is 0.304. The van der Waals surface area contributed by atoms with Gasteiger partial charge in [-0.2, -0.15) is 5.10 Å². The quantitative estimate of drug-likeness (QED) is 0.728. The molecule has 0 saturated carbocycles. The van der Waals surface area contributed by atoms with Crippen molar-refractivity contribution >= 4 is 17.3 Å². The Morgan fingerprint density at radius 2 is 1.83 bits per heavy atom. The normalized spacial score (nSPS) is 14.8. The summed E-state index contributed by atoms with van der Waals surface area (Å²) in [6, 6.07) is 15.7. The highest BCUT2D eigenvalue weighted by Gasteiger charge is 2.16. The van der Waals surface area contributed by atoms with Gasteiger partial charge in [0.05, 0.1) is 6.54 Å². The van der Waals surface area contributed by atoms with Gasteiger partial charge in [-0.3, -0.25) is 9.48 Å². The van der Waals surface area contributed by atoms with E-state index in [0.29, 0.717) is 12.1 Å². The van der Waals surface area contributed by atoms with Crippen molar-refractivity contribution in [3.05, 3.63) is 77.6 Å². The van der Waals surface area contributed by atoms with Crippen molar-refractivity contribution in [2.45, 2.75) is 13.5 Å². The Morgan fingerprint density at radius 1 is 1.07 bits per heavy atom. The molecule has 1 aromatic heterocycles. The van der Waals surface area contributed by atoms with Crippen molar-refractivity contribution in [1.29, 1.82) is 0 Å². The number of hydrogen-bond donors (Lipinski definition) is 1. The number of nitrogens with zero attached hydrogens (tertiary/aromatic N) is 4. The van der Waals surface area contributed by atoms with Gasteiger partial charge in [0, 0.05) is 55.5 Å². The lowest BCUT2D eigenvalue weighted by Gasteiger charge is -2.35. The number of amides is 1. The standard InChI is InChI=1S/C23H27N5O/c1-18-16-21(8-9-22(18)27-14-12-26(2)13-15-27)25-23(29)20-6-4-19(5-7-20)17-28-11-3-10-24-28/h3-11,16H,12-15,17H2,1-2H3,(H,25,29). The summed E-state index contributed by atoms with van der Waals surface area (Å²) in [5, 5.41) is 7.23. The van der Waals surface area contributed by atoms with Crippen LogP contribution in [0.25, 0.3) is 0 Å². The van der Waals surface area contributed by atoms with Crippen LogP contribution in [0.5, 0.6) is 0 Å². The molecule has 1 saturated heterocycles. The van der Waals surface area contributed by atoms with Crippen LogP contribution in [0.15, 0.2) is 60.9 Å². The molecule has 0 radical (unpaired) electrons. The van der Waals surface area contributed by atoms with Gasteiger partial charge in [-0.05, 0) is 61.5 Å². The van der Waals surface area contributed by atoms with Gasteiger partial charge in [-0.1, -0.05) is 12.1 Å². The lowest BCUT2D eigenvalue weighted by molar-refractivity contribution is 0.102. The molecule has 4 rings (SSSR count). The molecule has 3 aromatic rings. The average Bonchev–Trinajstić information content (AvgIpc) is 3.23. The van der Waals surface area contributed by atoms with Crippen molar-refractivity contribution in [2.24, 2.45) is 0 Å². The maximum Gasteiger partial charge on any atom is 0.255 e. The maximum atomic E-state index is 12.6. The molecule has 0 atom stereocenters. The van der Waals surface area contributed by atoms with Gasteiger partial charge in [0.25, 0.3) is 5.91 Å². The number of carbonyl (C=O) groups excluding carboxylic acids is 1. The first-order valence-electron chi connectivity index (χ1n) is 10.0. The van der Waals surface area contributed by atoms with Gasteiger partial charge in [-0.15, -0.1) is 0 Å². The first kappa shape index (κ1) is 19.2. The predicted octanol–water partition coefficient (Wildman–Crippen LogP) is 3.24. The van der Waals surface area contributed by atoms with E-state index in [1.165, 1.54) is 11.3 Å². The summed E-state index contributed by atoms with van der Waals surface area (Å²) in [6.45, 7) is 7.03. The highest BCUT2D eigenvalue weighted by molar-refractivity contribution is 6.04. The van der Waals surface area contributed by atoms with Gasteiger partial charge in [0.1, 0.15) is 0 Å². The largest absolute Gasteiger partial charge is 0.369 e. The number of rotatable bonds is 5. The van der Waals surface area contributed by atoms with Crippen LogP contribution in [0, 0.1) is 6.92 Å². The molecular weight excluding hydrogens is 362 g/mol. The zero-order valence-electron chi connectivity index (χ0n) is 17.0. The maximum absolute atomic E-state index is 12.6. The molecule has 0 spiro atoms. The molecule has 1 amide bonds. The summed E-state index contributed by atoms with van der Waals surface area (Å²) in [4.78, 5) is 17.4. The fourth-order valence-corrected chi connectivity index (χ4v) is 3.68. The summed E-state index contributed by atoms with van der Waals surface area (Å²) in [6.07, 6.45) is 3.69. The monoisotopic (exact) mass is 389 g/mol. The van der Waals surface area contributed by atoms with E-state index in [0.717, 1.165) is 37.4 Å². The van der Waals surface area contributed by atoms with E-state index in [2.05, 4.69) is 46.3 Å². The number of aryl methyl sites for hydroxylation is 1. The van der Waals surface area contributed by atoms with Crippen LogP contribution in [0.1, 0.15) is 21.5 Å². The number of piperazine rings is 1. The van der Waals surface area contributed by atoms with Crippen LogP contribution < -0.4 is 10.2 Å². The smallest absolute Gasteiger partial charge is 0.255 e. The summed E-state index contributed by atoms with van der Waals surface area (Å²) in [5.41, 5.74) is 5.01. The van der Waals surface area contributed by atoms with E-state index >= 15 is 0 Å². The van der Waals surface area contributed by atoms with Crippen molar-refractivity contribution in [3.63, 3.8) is 0 Å². The molecule has 1 aliphatic heterocycles. The molecule has 29 heavy (non-hydrogen) atoms. The molecule has 0 aliphatic carbocycles. The Bertz CT molecular complexity index is 957. The van der Waals surface area contributed by atoms with E-state index in [4.69, 9.17) is 0 Å². The van der Waals surface area contributed by atoms with Crippen LogP contribution in [0.4, 0.5) is 11.4 Å². The van der Waals surface area contributed by atoms with Gasteiger partial charge in [-0.25, -0.2) is 0 Å². The lowest BCUT2D eigenvalue weighted by Crippen LogP contribution is -2.44. The molecule has 6 heteroatoms. The average molecular weight is 390 g/mol. The third-order valence-corrected chi connectivity index (χ3v) is 5.42. The van der Waals surface area contributed by atoms with Crippen molar-refractivity contribution in [2.75, 3.05) is 43.4 Å². The summed E-state index contributed by atoms with van der Waals surface area (Å²) >= 11 is 0. The lowest BCUT2D eigenvalue weighted by atomic mass is 10.1. The van der Waals surface area contributed by atoms with Crippen LogP contribution in [-0.2, 0) is 6.54 Å². The third-order valence-electron chi connectivity index (χ3n) is 5.42. The van der Waals surface area contributed by atoms with E-state index < -0.39 is 0 Å². The highest BCUT2D eigenvalue weighted by Crippen LogP contribution is 2.25. The molecule has 150 valence electrons. The van der Waals surface area contributed by atoms with Gasteiger partial charge < -0.3 is 15.1 Å². The Balaban J connectivity index is 1.39. The zero-order valence-corrected chi connectivity index (χ0v) is 17.0. The minimum atomic E-state index is -0.0950. The predicted molar refractivity (Wildman–Crippen MR) is 117 cm³/mol. The van der Waals surface area contributed by atoms with Gasteiger partial charge >= 0.3 is 0 Å². The van der Waals surface area contributed by atoms with E-state index in [-0.39, 0.29) is 5.91 Å². The Morgan fingerprint density at radius 3 is 2.48 bits per heavy atom. The Kier molecular flexibility index (Phi) is 5.62. The Hall–Kier alpha value is -3.12. The third kappa shape index (κ3) is 4.66. The second kappa shape index (κ2) is 8.49. The fourth-order valence-electron chi connectivity index (χ4n) is 3.68. The molecule has 6 nitrogen and oxygen atoms in total. The van der Waals surface area contributed by atoms with Crippen molar-refractivity contribution in [3.8, 4) is 0 Å². The molecule has 0 bridgehead atoms. The number of aromatic nitrogens is 2. The van der Waals surface area contributed by atoms with E-state index in [1.54, 1.807) is 6.20 Å². The van der Waals surface area contributed by atoms with E-state index in [1.807, 2.05) is 47.3 Å². The molecule has 1 N–H and O–H groups in total. The highest BCUT2D eigenvalue weighted by atomic mass is 16.1. The molecule has 0 unspecified atom stereocenters. The van der Waals surface area contributed by atoms with Crippen LogP contribution in [0.2, 0.25) is 0 Å². The zero-order chi connectivity index (χ0) is 20.2. The molecule has 2 aromatic carbocycles. The van der Waals surface area contributed by atoms with Crippen LogP contribution in [0.3, 0.4) is 0 Å². The van der Waals surface area contributed by atoms with Gasteiger partial charge in [0.2, 0.25) is 0 Å². The summed E-state index contributed by atoms with van der Waals surface area (Å²) in [5.74, 6) is -0.0950. The van der Waals surface area contributed by atoms with Crippen molar-refractivity contribution < 1.29 is 4.79 Å². The number of carbonyl (C=O) groups is 1. The molecule has 2 heterocycles. The SMILES string of the molecule is Cc1cc(NC(=O)c2ccc(Cn3cccn3)cc2)ccc1N1CCN(C)CC1. The van der Waals surface area contributed by atoms with Crippen LogP contribution >= 0.6 is 0 Å². The number of anilines is 2. The number of hydrogen-bond acceptors (Lipinski definition) is 4. The first-order valence-corrected chi connectivity index (χ1v) is 10.0. The van der Waals surface area contributed by atoms with Crippen LogP contribution in [-0.4, -0.2) is 53.8 Å².